The summed E-state index contributed by atoms with van der Waals surface area (Å²) in [6.45, 7) is 3.67. The third kappa shape index (κ3) is 5.49. The normalized spacial score (nSPS) is 16.2. The maximum Gasteiger partial charge on any atom is 0.534 e. The van der Waals surface area contributed by atoms with Crippen LogP contribution in [0, 0.1) is 0 Å². The van der Waals surface area contributed by atoms with E-state index in [1.807, 2.05) is 12.1 Å². The zero-order valence-electron chi connectivity index (χ0n) is 14.5. The number of rotatable bonds is 8. The molecule has 1 aliphatic rings. The third-order valence-electron chi connectivity index (χ3n) is 3.60. The van der Waals surface area contributed by atoms with Gasteiger partial charge in [-0.05, 0) is 43.9 Å². The molecule has 0 radical (unpaired) electrons. The summed E-state index contributed by atoms with van der Waals surface area (Å²) in [4.78, 5) is 6.91. The van der Waals surface area contributed by atoms with E-state index < -0.39 is 21.5 Å². The van der Waals surface area contributed by atoms with Gasteiger partial charge in [0.1, 0.15) is 11.5 Å². The van der Waals surface area contributed by atoms with Crippen LogP contribution in [0.4, 0.5) is 13.2 Å². The molecule has 0 saturated heterocycles. The highest BCUT2D eigenvalue weighted by Gasteiger charge is 2.49. The molecule has 0 spiro atoms. The number of methoxy groups -OCH3 is 1. The van der Waals surface area contributed by atoms with E-state index in [1.54, 1.807) is 6.07 Å². The molecule has 27 heavy (non-hydrogen) atoms. The molecule has 10 heteroatoms. The van der Waals surface area contributed by atoms with Crippen LogP contribution in [0.15, 0.2) is 47.3 Å². The van der Waals surface area contributed by atoms with Crippen molar-refractivity contribution in [1.82, 2.24) is 4.98 Å². The van der Waals surface area contributed by atoms with Gasteiger partial charge in [0, 0.05) is 17.5 Å². The number of aryl methyl sites for hydroxylation is 1. The van der Waals surface area contributed by atoms with E-state index in [-0.39, 0.29) is 11.5 Å². The summed E-state index contributed by atoms with van der Waals surface area (Å²) in [5.41, 5.74) is -3.75. The van der Waals surface area contributed by atoms with E-state index in [1.165, 1.54) is 13.2 Å². The van der Waals surface area contributed by atoms with Crippen LogP contribution in [0.1, 0.15) is 30.7 Å². The van der Waals surface area contributed by atoms with Crippen molar-refractivity contribution in [2.75, 3.05) is 7.11 Å². The van der Waals surface area contributed by atoms with Gasteiger partial charge >= 0.3 is 15.6 Å². The predicted octanol–water partition coefficient (Wildman–Crippen LogP) is 4.06. The van der Waals surface area contributed by atoms with Crippen LogP contribution < -0.4 is 0 Å². The maximum absolute atomic E-state index is 12.4. The number of allylic oxidation sites excluding steroid dienone is 1. The summed E-state index contributed by atoms with van der Waals surface area (Å²) in [6.07, 6.45) is 8.15. The van der Waals surface area contributed by atoms with Gasteiger partial charge in [-0.25, -0.2) is 4.99 Å². The molecule has 0 bridgehead atoms. The standard InChI is InChI=1S/C17H19F3N2O4S/c1-3-4-5-6-7-12-8-9-13(21-12)10-14-15(25-2)11-16(22-14)26-27(23,24)17(18,19)20/h3,8-11,21H,1,4-7H2,2H3/b14-10-. The Kier molecular flexibility index (Phi) is 6.53. The molecule has 0 fully saturated rings. The number of H-pyrrole nitrogens is 1. The van der Waals surface area contributed by atoms with E-state index >= 15 is 0 Å². The molecule has 2 heterocycles. The SMILES string of the molecule is C=CCCCCc1ccc(/C=C2\N=C(OS(=O)(=O)C(F)(F)F)C=C2OC)[nH]1. The molecule has 0 amide bonds. The van der Waals surface area contributed by atoms with Crippen LogP contribution in [0.5, 0.6) is 0 Å². The number of ether oxygens (including phenoxy) is 1. The van der Waals surface area contributed by atoms with E-state index in [4.69, 9.17) is 4.74 Å². The molecule has 2 rings (SSSR count). The topological polar surface area (TPSA) is 80.8 Å². The zero-order chi connectivity index (χ0) is 20.1. The van der Waals surface area contributed by atoms with Crippen LogP contribution in [0.25, 0.3) is 6.08 Å². The first-order chi connectivity index (χ1) is 12.7. The van der Waals surface area contributed by atoms with Crippen molar-refractivity contribution in [3.05, 3.63) is 53.7 Å². The Morgan fingerprint density at radius 2 is 2.04 bits per heavy atom. The van der Waals surface area contributed by atoms with Crippen LogP contribution in [0.3, 0.4) is 0 Å². The average Bonchev–Trinajstić information content (AvgIpc) is 3.17. The fourth-order valence-electron chi connectivity index (χ4n) is 2.30. The number of aromatic nitrogens is 1. The summed E-state index contributed by atoms with van der Waals surface area (Å²) < 4.78 is 68.5. The second kappa shape index (κ2) is 8.47. The summed E-state index contributed by atoms with van der Waals surface area (Å²) >= 11 is 0. The number of nitrogens with one attached hydrogen (secondary N) is 1. The fraction of sp³-hybridized carbons (Fsp3) is 0.353. The average molecular weight is 404 g/mol. The van der Waals surface area contributed by atoms with Crippen LogP contribution in [-0.2, 0) is 25.5 Å². The monoisotopic (exact) mass is 404 g/mol. The number of aromatic amines is 1. The van der Waals surface area contributed by atoms with Gasteiger partial charge in [-0.1, -0.05) is 6.08 Å². The number of hydrogen-bond donors (Lipinski definition) is 1. The Morgan fingerprint density at radius 1 is 1.30 bits per heavy atom. The van der Waals surface area contributed by atoms with Gasteiger partial charge < -0.3 is 13.9 Å². The molecular formula is C17H19F3N2O4S. The summed E-state index contributed by atoms with van der Waals surface area (Å²) in [7, 11) is -4.51. The molecule has 1 aromatic rings. The van der Waals surface area contributed by atoms with E-state index in [0.29, 0.717) is 5.69 Å². The molecule has 0 aliphatic carbocycles. The minimum absolute atomic E-state index is 0.0875. The number of hydrogen-bond acceptors (Lipinski definition) is 5. The zero-order valence-corrected chi connectivity index (χ0v) is 15.4. The summed E-state index contributed by atoms with van der Waals surface area (Å²) in [5.74, 6) is -0.629. The molecule has 0 saturated carbocycles. The lowest BCUT2D eigenvalue weighted by molar-refractivity contribution is -0.0504. The highest BCUT2D eigenvalue weighted by molar-refractivity contribution is 7.88. The van der Waals surface area contributed by atoms with Crippen LogP contribution in [0.2, 0.25) is 0 Å². The van der Waals surface area contributed by atoms with E-state index in [0.717, 1.165) is 37.5 Å². The fourth-order valence-corrected chi connectivity index (χ4v) is 2.71. The van der Waals surface area contributed by atoms with Gasteiger partial charge in [0.15, 0.2) is 0 Å². The molecule has 6 nitrogen and oxygen atoms in total. The van der Waals surface area contributed by atoms with Crippen LogP contribution in [-0.4, -0.2) is 31.9 Å². The lowest BCUT2D eigenvalue weighted by Gasteiger charge is -2.07. The molecule has 1 aromatic heterocycles. The quantitative estimate of drug-likeness (QED) is 0.307. The lowest BCUT2D eigenvalue weighted by atomic mass is 10.1. The maximum atomic E-state index is 12.4. The largest absolute Gasteiger partial charge is 0.534 e. The highest BCUT2D eigenvalue weighted by atomic mass is 32.2. The molecular weight excluding hydrogens is 385 g/mol. The van der Waals surface area contributed by atoms with Gasteiger partial charge in [0.25, 0.3) is 0 Å². The van der Waals surface area contributed by atoms with Crippen molar-refractivity contribution < 1.29 is 30.5 Å². The Labute approximate surface area is 155 Å². The van der Waals surface area contributed by atoms with Crippen LogP contribution >= 0.6 is 0 Å². The number of nitrogens with zero attached hydrogens (tertiary/aromatic N) is 1. The van der Waals surface area contributed by atoms with Gasteiger partial charge in [-0.15, -0.1) is 6.58 Å². The third-order valence-corrected chi connectivity index (χ3v) is 4.56. The van der Waals surface area contributed by atoms with Gasteiger partial charge in [-0.2, -0.15) is 21.6 Å². The Morgan fingerprint density at radius 3 is 2.67 bits per heavy atom. The minimum atomic E-state index is -5.79. The van der Waals surface area contributed by atoms with Gasteiger partial charge in [0.05, 0.1) is 7.11 Å². The van der Waals surface area contributed by atoms with Crippen molar-refractivity contribution in [3.63, 3.8) is 0 Å². The van der Waals surface area contributed by atoms with Crippen molar-refractivity contribution in [3.8, 4) is 0 Å². The summed E-state index contributed by atoms with van der Waals surface area (Å²) in [6, 6.07) is 3.67. The number of halogens is 3. The Hall–Kier alpha value is -2.49. The van der Waals surface area contributed by atoms with Gasteiger partial charge in [-0.3, -0.25) is 0 Å². The summed E-state index contributed by atoms with van der Waals surface area (Å²) in [5, 5.41) is 0. The first-order valence-corrected chi connectivity index (χ1v) is 9.43. The van der Waals surface area contributed by atoms with E-state index in [2.05, 4.69) is 20.7 Å². The van der Waals surface area contributed by atoms with Crippen molar-refractivity contribution >= 4 is 22.1 Å². The lowest BCUT2D eigenvalue weighted by Crippen LogP contribution is -2.27. The van der Waals surface area contributed by atoms with Crippen molar-refractivity contribution in [2.24, 2.45) is 4.99 Å². The Balaban J connectivity index is 2.13. The second-order valence-corrected chi connectivity index (χ2v) is 7.19. The molecule has 0 aromatic carbocycles. The first-order valence-electron chi connectivity index (χ1n) is 8.02. The van der Waals surface area contributed by atoms with Crippen molar-refractivity contribution in [1.29, 1.82) is 0 Å². The molecule has 148 valence electrons. The predicted molar refractivity (Wildman–Crippen MR) is 95.1 cm³/mol. The Bertz CT molecular complexity index is 880. The molecule has 0 atom stereocenters. The van der Waals surface area contributed by atoms with Crippen molar-refractivity contribution in [2.45, 2.75) is 31.2 Å². The smallest absolute Gasteiger partial charge is 0.494 e. The number of aliphatic imine (C=N–C) groups is 1. The second-order valence-electron chi connectivity index (χ2n) is 5.65. The highest BCUT2D eigenvalue weighted by Crippen LogP contribution is 2.28. The number of alkyl halides is 3. The van der Waals surface area contributed by atoms with E-state index in [9.17, 15) is 21.6 Å². The minimum Gasteiger partial charge on any atom is -0.494 e. The molecule has 0 unspecified atom stereocenters. The number of unbranched alkanes of at least 4 members (excludes halogenated alkanes) is 2. The van der Waals surface area contributed by atoms with Gasteiger partial charge in [0.2, 0.25) is 5.90 Å². The molecule has 1 N–H and O–H groups in total. The first kappa shape index (κ1) is 20.8. The molecule has 1 aliphatic heterocycles.